The van der Waals surface area contributed by atoms with Crippen LogP contribution in [-0.2, 0) is 25.6 Å². The minimum atomic E-state index is -3.95. The number of thiophene rings is 1. The third kappa shape index (κ3) is 5.91. The fourth-order valence-corrected chi connectivity index (χ4v) is 6.51. The summed E-state index contributed by atoms with van der Waals surface area (Å²) in [6, 6.07) is 7.31. The molecule has 3 heterocycles. The van der Waals surface area contributed by atoms with E-state index in [0.29, 0.717) is 22.3 Å². The third-order valence-electron chi connectivity index (χ3n) is 6.68. The monoisotopic (exact) mass is 578 g/mol. The first-order valence-corrected chi connectivity index (χ1v) is 14.8. The van der Waals surface area contributed by atoms with Gasteiger partial charge in [0.25, 0.3) is 0 Å². The number of carbonyl (C=O) groups excluding carboxylic acids is 1. The van der Waals surface area contributed by atoms with Crippen LogP contribution in [0.25, 0.3) is 0 Å². The van der Waals surface area contributed by atoms with Gasteiger partial charge in [-0.05, 0) is 66.0 Å². The summed E-state index contributed by atoms with van der Waals surface area (Å²) < 4.78 is 36.7. The Labute approximate surface area is 229 Å². The van der Waals surface area contributed by atoms with Crippen molar-refractivity contribution >= 4 is 44.8 Å². The smallest absolute Gasteiger partial charge is 0.335 e. The highest BCUT2D eigenvalue weighted by atomic mass is 35.5. The van der Waals surface area contributed by atoms with Gasteiger partial charge in [-0.25, -0.2) is 9.97 Å². The van der Waals surface area contributed by atoms with Crippen LogP contribution in [0.5, 0.6) is 0 Å². The Hall–Kier alpha value is -2.45. The molecule has 0 saturated heterocycles. The maximum Gasteiger partial charge on any atom is 0.335 e. The molecular formula is C25H27ClN4O6S2. The normalized spacial score (nSPS) is 23.6. The van der Waals surface area contributed by atoms with Crippen LogP contribution < -0.4 is 10.0 Å². The van der Waals surface area contributed by atoms with E-state index in [9.17, 15) is 18.3 Å². The van der Waals surface area contributed by atoms with E-state index in [1.165, 1.54) is 36.5 Å². The molecule has 2 aliphatic rings. The standard InChI is InChI=1S/C25H27ClN4O6S2/c1-27-38(33,34)36-21-10-17(9-20(21)31)30-25-19(11-28-13-29-25)23(32)22-7-15(12-37-22)24-18-8-16(26)5-4-14(18)3-2-6-35-24/h4-5,7-8,11-13,17,20-21,24,27,31H,2-3,6,9-10H2,1H3,(H,28,29,30)/t17-,20+,21-,24-/m1/s1. The van der Waals surface area contributed by atoms with E-state index >= 15 is 0 Å². The number of benzene rings is 1. The van der Waals surface area contributed by atoms with Gasteiger partial charge in [-0.1, -0.05) is 17.7 Å². The number of halogens is 1. The lowest BCUT2D eigenvalue weighted by Crippen LogP contribution is -2.31. The average molecular weight is 579 g/mol. The second-order valence-electron chi connectivity index (χ2n) is 9.23. The number of aromatic nitrogens is 2. The summed E-state index contributed by atoms with van der Waals surface area (Å²) >= 11 is 7.59. The molecule has 0 amide bonds. The molecule has 38 heavy (non-hydrogen) atoms. The number of rotatable bonds is 8. The molecule has 1 saturated carbocycles. The lowest BCUT2D eigenvalue weighted by molar-refractivity contribution is 0.0636. The van der Waals surface area contributed by atoms with E-state index in [0.717, 1.165) is 24.0 Å². The van der Waals surface area contributed by atoms with Crippen molar-refractivity contribution in [1.82, 2.24) is 14.7 Å². The molecule has 0 radical (unpaired) electrons. The first kappa shape index (κ1) is 27.1. The summed E-state index contributed by atoms with van der Waals surface area (Å²) in [5.41, 5.74) is 3.34. The Morgan fingerprint density at radius 3 is 2.95 bits per heavy atom. The number of fused-ring (bicyclic) bond motifs is 1. The fraction of sp³-hybridized carbons (Fsp3) is 0.400. The summed E-state index contributed by atoms with van der Waals surface area (Å²) in [5.74, 6) is 0.0468. The van der Waals surface area contributed by atoms with Gasteiger partial charge in [-0.15, -0.1) is 11.3 Å². The van der Waals surface area contributed by atoms with Crippen LogP contribution in [0, 0.1) is 0 Å². The second-order valence-corrected chi connectivity index (χ2v) is 12.1. The Bertz CT molecular complexity index is 1430. The number of ketones is 1. The average Bonchev–Trinajstić information content (AvgIpc) is 3.45. The van der Waals surface area contributed by atoms with Crippen molar-refractivity contribution in [2.45, 2.75) is 50.0 Å². The summed E-state index contributed by atoms with van der Waals surface area (Å²) in [6.45, 7) is 0.601. The molecule has 202 valence electrons. The quantitative estimate of drug-likeness (QED) is 0.344. The number of aliphatic hydroxyl groups is 1. The highest BCUT2D eigenvalue weighted by Gasteiger charge is 2.37. The molecule has 2 aromatic heterocycles. The van der Waals surface area contributed by atoms with E-state index in [1.54, 1.807) is 0 Å². The summed E-state index contributed by atoms with van der Waals surface area (Å²) in [4.78, 5) is 22.3. The Morgan fingerprint density at radius 2 is 2.13 bits per heavy atom. The lowest BCUT2D eigenvalue weighted by Gasteiger charge is -2.17. The van der Waals surface area contributed by atoms with Gasteiger partial charge in [-0.3, -0.25) is 8.98 Å². The van der Waals surface area contributed by atoms with Crippen LogP contribution >= 0.6 is 22.9 Å². The zero-order valence-corrected chi connectivity index (χ0v) is 22.9. The van der Waals surface area contributed by atoms with Crippen molar-refractivity contribution in [1.29, 1.82) is 0 Å². The van der Waals surface area contributed by atoms with Gasteiger partial charge in [-0.2, -0.15) is 13.1 Å². The van der Waals surface area contributed by atoms with Crippen LogP contribution in [0.1, 0.15) is 57.3 Å². The molecule has 1 aliphatic carbocycles. The molecule has 1 aliphatic heterocycles. The summed E-state index contributed by atoms with van der Waals surface area (Å²) in [5, 5.41) is 16.0. The van der Waals surface area contributed by atoms with Crippen molar-refractivity contribution in [2.24, 2.45) is 0 Å². The molecule has 0 spiro atoms. The van der Waals surface area contributed by atoms with Gasteiger partial charge in [0, 0.05) is 30.9 Å². The van der Waals surface area contributed by atoms with Crippen LogP contribution in [0.3, 0.4) is 0 Å². The van der Waals surface area contributed by atoms with Crippen LogP contribution in [0.4, 0.5) is 5.82 Å². The maximum absolute atomic E-state index is 13.5. The molecular weight excluding hydrogens is 552 g/mol. The Morgan fingerprint density at radius 1 is 1.29 bits per heavy atom. The number of nitrogens with zero attached hydrogens (tertiary/aromatic N) is 2. The van der Waals surface area contributed by atoms with Gasteiger partial charge in [0.15, 0.2) is 0 Å². The number of nitrogens with one attached hydrogen (secondary N) is 2. The minimum absolute atomic E-state index is 0.212. The molecule has 0 unspecified atom stereocenters. The molecule has 5 rings (SSSR count). The van der Waals surface area contributed by atoms with Crippen molar-refractivity contribution in [3.05, 3.63) is 74.3 Å². The number of hydrogen-bond acceptors (Lipinski definition) is 10. The zero-order chi connectivity index (χ0) is 26.9. The molecule has 3 N–H and O–H groups in total. The number of carbonyl (C=O) groups is 1. The molecule has 13 heteroatoms. The first-order valence-electron chi connectivity index (χ1n) is 12.1. The van der Waals surface area contributed by atoms with Crippen LogP contribution in [0.2, 0.25) is 5.02 Å². The number of aliphatic hydroxyl groups excluding tert-OH is 1. The summed E-state index contributed by atoms with van der Waals surface area (Å²) in [7, 11) is -2.72. The van der Waals surface area contributed by atoms with E-state index in [2.05, 4.69) is 20.0 Å². The largest absolute Gasteiger partial charge is 0.390 e. The summed E-state index contributed by atoms with van der Waals surface area (Å²) in [6.07, 6.45) is 2.78. The fourth-order valence-electron chi connectivity index (χ4n) is 4.82. The number of aryl methyl sites for hydroxylation is 1. The first-order chi connectivity index (χ1) is 18.2. The topological polar surface area (TPSA) is 140 Å². The minimum Gasteiger partial charge on any atom is -0.390 e. The molecule has 1 fully saturated rings. The van der Waals surface area contributed by atoms with E-state index < -0.39 is 22.5 Å². The highest BCUT2D eigenvalue weighted by molar-refractivity contribution is 7.84. The number of hydrogen-bond donors (Lipinski definition) is 3. The van der Waals surface area contributed by atoms with E-state index in [4.69, 9.17) is 20.5 Å². The van der Waals surface area contributed by atoms with E-state index in [1.807, 2.05) is 29.6 Å². The Balaban J connectivity index is 1.34. The molecule has 0 bridgehead atoms. The second kappa shape index (κ2) is 11.3. The van der Waals surface area contributed by atoms with Gasteiger partial charge < -0.3 is 15.2 Å². The zero-order valence-electron chi connectivity index (χ0n) is 20.5. The number of ether oxygens (including phenoxy) is 1. The molecule has 4 atom stereocenters. The predicted molar refractivity (Wildman–Crippen MR) is 143 cm³/mol. The highest BCUT2D eigenvalue weighted by Crippen LogP contribution is 2.36. The molecule has 1 aromatic carbocycles. The Kier molecular flexibility index (Phi) is 8.10. The van der Waals surface area contributed by atoms with Crippen molar-refractivity contribution in [2.75, 3.05) is 19.0 Å². The SMILES string of the molecule is CNS(=O)(=O)O[C@@H]1C[C@H](Nc2ncncc2C(=O)c2cc([C@H]3OCCCc4ccc(Cl)cc43)cs2)C[C@@H]1O. The van der Waals surface area contributed by atoms with Gasteiger partial charge >= 0.3 is 10.3 Å². The van der Waals surface area contributed by atoms with Crippen molar-refractivity contribution in [3.63, 3.8) is 0 Å². The van der Waals surface area contributed by atoms with Crippen molar-refractivity contribution in [3.8, 4) is 0 Å². The van der Waals surface area contributed by atoms with Crippen LogP contribution in [-0.4, -0.2) is 61.2 Å². The molecule has 3 aromatic rings. The van der Waals surface area contributed by atoms with Gasteiger partial charge in [0.05, 0.1) is 16.5 Å². The van der Waals surface area contributed by atoms with Gasteiger partial charge in [0.2, 0.25) is 5.78 Å². The predicted octanol–water partition coefficient (Wildman–Crippen LogP) is 3.26. The lowest BCUT2D eigenvalue weighted by atomic mass is 9.96. The third-order valence-corrected chi connectivity index (χ3v) is 8.86. The van der Waals surface area contributed by atoms with Crippen LogP contribution in [0.15, 0.2) is 42.2 Å². The van der Waals surface area contributed by atoms with Crippen molar-refractivity contribution < 1.29 is 27.2 Å². The maximum atomic E-state index is 13.5. The van der Waals surface area contributed by atoms with Gasteiger partial charge in [0.1, 0.15) is 24.4 Å². The number of anilines is 1. The molecule has 10 nitrogen and oxygen atoms in total. The van der Waals surface area contributed by atoms with E-state index in [-0.39, 0.29) is 36.3 Å².